The fourth-order valence-electron chi connectivity index (χ4n) is 1.61. The van der Waals surface area contributed by atoms with Crippen molar-refractivity contribution in [3.63, 3.8) is 0 Å². The van der Waals surface area contributed by atoms with Crippen molar-refractivity contribution >= 4 is 6.08 Å². The minimum atomic E-state index is 0.624. The molecule has 0 atom stereocenters. The summed E-state index contributed by atoms with van der Waals surface area (Å²) in [6.45, 7) is 8.98. The molecule has 0 radical (unpaired) electrons. The van der Waals surface area contributed by atoms with Crippen molar-refractivity contribution in [3.8, 4) is 0 Å². The number of allylic oxidation sites excluding steroid dienone is 1. The standard InChI is InChI=1S/C16H24/c1-13(2)8-10-15-6-5-7-16(12-15)11-9-14(3)4/h5-8,10,12-14H,9,11H2,1-4H3/b10-8+. The van der Waals surface area contributed by atoms with Crippen LogP contribution in [0.3, 0.4) is 0 Å². The SMILES string of the molecule is CC(C)/C=C/c1cccc(CCC(C)C)c1. The summed E-state index contributed by atoms with van der Waals surface area (Å²) in [5, 5.41) is 0. The maximum Gasteiger partial charge on any atom is -0.0257 e. The van der Waals surface area contributed by atoms with E-state index in [1.165, 1.54) is 24.0 Å². The van der Waals surface area contributed by atoms with Gasteiger partial charge in [0.25, 0.3) is 0 Å². The zero-order chi connectivity index (χ0) is 12.0. The second kappa shape index (κ2) is 6.52. The van der Waals surface area contributed by atoms with Crippen LogP contribution >= 0.6 is 0 Å². The van der Waals surface area contributed by atoms with Crippen LogP contribution in [0.1, 0.15) is 45.2 Å². The first kappa shape index (κ1) is 13.0. The highest BCUT2D eigenvalue weighted by atomic mass is 14.0. The molecule has 0 aliphatic heterocycles. The van der Waals surface area contributed by atoms with Crippen LogP contribution in [0.5, 0.6) is 0 Å². The van der Waals surface area contributed by atoms with E-state index in [4.69, 9.17) is 0 Å². The largest absolute Gasteiger partial charge is 0.0814 e. The Morgan fingerprint density at radius 3 is 2.50 bits per heavy atom. The van der Waals surface area contributed by atoms with Gasteiger partial charge in [-0.1, -0.05) is 64.1 Å². The number of hydrogen-bond acceptors (Lipinski definition) is 0. The van der Waals surface area contributed by atoms with E-state index in [0.717, 1.165) is 5.92 Å². The van der Waals surface area contributed by atoms with Gasteiger partial charge < -0.3 is 0 Å². The predicted molar refractivity (Wildman–Crippen MR) is 73.5 cm³/mol. The van der Waals surface area contributed by atoms with Crippen LogP contribution in [0.25, 0.3) is 6.08 Å². The van der Waals surface area contributed by atoms with Gasteiger partial charge in [0.05, 0.1) is 0 Å². The van der Waals surface area contributed by atoms with Crippen molar-refractivity contribution in [1.29, 1.82) is 0 Å². The Hall–Kier alpha value is -1.04. The van der Waals surface area contributed by atoms with Gasteiger partial charge in [0, 0.05) is 0 Å². The van der Waals surface area contributed by atoms with Gasteiger partial charge in [-0.15, -0.1) is 0 Å². The van der Waals surface area contributed by atoms with E-state index < -0.39 is 0 Å². The number of benzene rings is 1. The van der Waals surface area contributed by atoms with Crippen LogP contribution in [0.2, 0.25) is 0 Å². The highest BCUT2D eigenvalue weighted by Crippen LogP contribution is 2.13. The Kier molecular flexibility index (Phi) is 5.31. The second-order valence-corrected chi connectivity index (χ2v) is 5.28. The normalized spacial score (nSPS) is 11.9. The summed E-state index contributed by atoms with van der Waals surface area (Å²) < 4.78 is 0. The predicted octanol–water partition coefficient (Wildman–Crippen LogP) is 4.94. The summed E-state index contributed by atoms with van der Waals surface area (Å²) in [5.74, 6) is 1.41. The van der Waals surface area contributed by atoms with E-state index in [9.17, 15) is 0 Å². The van der Waals surface area contributed by atoms with Gasteiger partial charge in [-0.2, -0.15) is 0 Å². The molecule has 0 unspecified atom stereocenters. The molecule has 0 saturated heterocycles. The summed E-state index contributed by atoms with van der Waals surface area (Å²) in [4.78, 5) is 0. The third kappa shape index (κ3) is 5.16. The fraction of sp³-hybridized carbons (Fsp3) is 0.500. The highest BCUT2D eigenvalue weighted by Gasteiger charge is 1.97. The maximum atomic E-state index is 2.31. The Bertz CT molecular complexity index is 332. The van der Waals surface area contributed by atoms with Crippen LogP contribution in [0, 0.1) is 11.8 Å². The third-order valence-electron chi connectivity index (χ3n) is 2.63. The molecular formula is C16H24. The smallest absolute Gasteiger partial charge is 0.0257 e. The quantitative estimate of drug-likeness (QED) is 0.653. The molecule has 0 heteroatoms. The number of rotatable bonds is 5. The minimum absolute atomic E-state index is 0.624. The Morgan fingerprint density at radius 1 is 1.12 bits per heavy atom. The molecule has 0 amide bonds. The lowest BCUT2D eigenvalue weighted by Crippen LogP contribution is -1.92. The van der Waals surface area contributed by atoms with Gasteiger partial charge in [-0.25, -0.2) is 0 Å². The molecular weight excluding hydrogens is 192 g/mol. The summed E-state index contributed by atoms with van der Waals surface area (Å²) in [7, 11) is 0. The molecule has 0 N–H and O–H groups in total. The molecule has 0 heterocycles. The summed E-state index contributed by atoms with van der Waals surface area (Å²) in [6, 6.07) is 8.88. The molecule has 0 aliphatic rings. The van der Waals surface area contributed by atoms with Gasteiger partial charge in [0.2, 0.25) is 0 Å². The maximum absolute atomic E-state index is 2.31. The Labute approximate surface area is 100 Å². The Balaban J connectivity index is 2.64. The van der Waals surface area contributed by atoms with Crippen LogP contribution in [0.15, 0.2) is 30.3 Å². The molecule has 1 aromatic rings. The topological polar surface area (TPSA) is 0 Å². The number of hydrogen-bond donors (Lipinski definition) is 0. The van der Waals surface area contributed by atoms with E-state index in [-0.39, 0.29) is 0 Å². The van der Waals surface area contributed by atoms with Gasteiger partial charge >= 0.3 is 0 Å². The van der Waals surface area contributed by atoms with E-state index in [0.29, 0.717) is 5.92 Å². The van der Waals surface area contributed by atoms with Gasteiger partial charge in [0.15, 0.2) is 0 Å². The number of aryl methyl sites for hydroxylation is 1. The van der Waals surface area contributed by atoms with Crippen molar-refractivity contribution < 1.29 is 0 Å². The molecule has 0 fully saturated rings. The molecule has 88 valence electrons. The van der Waals surface area contributed by atoms with Crippen LogP contribution in [-0.4, -0.2) is 0 Å². The molecule has 1 rings (SSSR count). The monoisotopic (exact) mass is 216 g/mol. The average Bonchev–Trinajstić information content (AvgIpc) is 2.24. The second-order valence-electron chi connectivity index (χ2n) is 5.28. The zero-order valence-corrected chi connectivity index (χ0v) is 11.0. The van der Waals surface area contributed by atoms with E-state index in [2.05, 4.69) is 64.1 Å². The van der Waals surface area contributed by atoms with Crippen LogP contribution in [-0.2, 0) is 6.42 Å². The van der Waals surface area contributed by atoms with Crippen LogP contribution < -0.4 is 0 Å². The molecule has 1 aromatic carbocycles. The van der Waals surface area contributed by atoms with E-state index >= 15 is 0 Å². The lowest BCUT2D eigenvalue weighted by molar-refractivity contribution is 0.586. The average molecular weight is 216 g/mol. The first-order valence-electron chi connectivity index (χ1n) is 6.35. The zero-order valence-electron chi connectivity index (χ0n) is 11.0. The van der Waals surface area contributed by atoms with Crippen molar-refractivity contribution in [2.45, 2.75) is 40.5 Å². The first-order valence-corrected chi connectivity index (χ1v) is 6.35. The minimum Gasteiger partial charge on any atom is -0.0814 e. The molecule has 0 aromatic heterocycles. The fourth-order valence-corrected chi connectivity index (χ4v) is 1.61. The van der Waals surface area contributed by atoms with Crippen LogP contribution in [0.4, 0.5) is 0 Å². The Morgan fingerprint density at radius 2 is 1.88 bits per heavy atom. The summed E-state index contributed by atoms with van der Waals surface area (Å²) in [5.41, 5.74) is 2.79. The lowest BCUT2D eigenvalue weighted by atomic mass is 10.0. The molecule has 0 bridgehead atoms. The van der Waals surface area contributed by atoms with Crippen molar-refractivity contribution in [1.82, 2.24) is 0 Å². The highest BCUT2D eigenvalue weighted by molar-refractivity contribution is 5.50. The first-order chi connectivity index (χ1) is 7.58. The third-order valence-corrected chi connectivity index (χ3v) is 2.63. The molecule has 0 spiro atoms. The van der Waals surface area contributed by atoms with Crippen molar-refractivity contribution in [2.75, 3.05) is 0 Å². The molecule has 0 saturated carbocycles. The molecule has 16 heavy (non-hydrogen) atoms. The van der Waals surface area contributed by atoms with Gasteiger partial charge in [0.1, 0.15) is 0 Å². The summed E-state index contributed by atoms with van der Waals surface area (Å²) >= 11 is 0. The van der Waals surface area contributed by atoms with Crippen molar-refractivity contribution in [2.24, 2.45) is 11.8 Å². The van der Waals surface area contributed by atoms with Crippen molar-refractivity contribution in [3.05, 3.63) is 41.5 Å². The molecule has 0 aliphatic carbocycles. The van der Waals surface area contributed by atoms with Gasteiger partial charge in [-0.3, -0.25) is 0 Å². The van der Waals surface area contributed by atoms with E-state index in [1.54, 1.807) is 0 Å². The lowest BCUT2D eigenvalue weighted by Gasteiger charge is -2.05. The van der Waals surface area contributed by atoms with E-state index in [1.807, 2.05) is 0 Å². The summed E-state index contributed by atoms with van der Waals surface area (Å²) in [6.07, 6.45) is 6.95. The molecule has 0 nitrogen and oxygen atoms in total. The van der Waals surface area contributed by atoms with Gasteiger partial charge in [-0.05, 0) is 35.8 Å².